The SMILES string of the molecule is COc1cc(/C=C/C#N)cc(Cl)c1OCc1ccc([N+](=O)[O-])cc1. The van der Waals surface area contributed by atoms with Gasteiger partial charge in [0, 0.05) is 18.2 Å². The standard InChI is InChI=1S/C17H13ClN2O4/c1-23-16-10-13(3-2-8-19)9-15(18)17(16)24-11-12-4-6-14(7-5-12)20(21)22/h2-7,9-10H,11H2,1H3/b3-2+. The van der Waals surface area contributed by atoms with Gasteiger partial charge in [0.25, 0.3) is 5.69 Å². The molecular weight excluding hydrogens is 332 g/mol. The lowest BCUT2D eigenvalue weighted by atomic mass is 10.2. The summed E-state index contributed by atoms with van der Waals surface area (Å²) in [5, 5.41) is 19.6. The molecule has 2 rings (SSSR count). The molecule has 6 nitrogen and oxygen atoms in total. The van der Waals surface area contributed by atoms with Gasteiger partial charge in [-0.1, -0.05) is 11.6 Å². The van der Waals surface area contributed by atoms with Gasteiger partial charge in [-0.3, -0.25) is 10.1 Å². The highest BCUT2D eigenvalue weighted by molar-refractivity contribution is 6.32. The molecule has 2 aromatic rings. The molecule has 0 saturated heterocycles. The van der Waals surface area contributed by atoms with E-state index in [9.17, 15) is 10.1 Å². The highest BCUT2D eigenvalue weighted by atomic mass is 35.5. The summed E-state index contributed by atoms with van der Waals surface area (Å²) < 4.78 is 11.0. The van der Waals surface area contributed by atoms with Crippen LogP contribution in [-0.2, 0) is 6.61 Å². The first-order valence-corrected chi connectivity index (χ1v) is 7.22. The van der Waals surface area contributed by atoms with Crippen molar-refractivity contribution >= 4 is 23.4 Å². The van der Waals surface area contributed by atoms with E-state index in [-0.39, 0.29) is 12.3 Å². The number of nitro groups is 1. The summed E-state index contributed by atoms with van der Waals surface area (Å²) in [6.45, 7) is 0.182. The number of ether oxygens (including phenoxy) is 2. The van der Waals surface area contributed by atoms with E-state index in [1.807, 2.05) is 6.07 Å². The third-order valence-corrected chi connectivity index (χ3v) is 3.41. The van der Waals surface area contributed by atoms with Gasteiger partial charge in [-0.05, 0) is 41.5 Å². The molecule has 0 aliphatic heterocycles. The van der Waals surface area contributed by atoms with E-state index in [1.54, 1.807) is 30.3 Å². The Morgan fingerprint density at radius 2 is 2.04 bits per heavy atom. The lowest BCUT2D eigenvalue weighted by molar-refractivity contribution is -0.384. The molecule has 0 heterocycles. The molecule has 0 aliphatic rings. The Bertz CT molecular complexity index is 811. The first kappa shape index (κ1) is 17.3. The minimum atomic E-state index is -0.460. The quantitative estimate of drug-likeness (QED) is 0.441. The van der Waals surface area contributed by atoms with E-state index < -0.39 is 4.92 Å². The molecule has 2 aromatic carbocycles. The molecule has 0 atom stereocenters. The summed E-state index contributed by atoms with van der Waals surface area (Å²) in [5.41, 5.74) is 1.48. The van der Waals surface area contributed by atoms with Gasteiger partial charge in [0.1, 0.15) is 6.61 Å². The molecule has 24 heavy (non-hydrogen) atoms. The van der Waals surface area contributed by atoms with Crippen molar-refractivity contribution in [2.45, 2.75) is 6.61 Å². The number of allylic oxidation sites excluding steroid dienone is 1. The van der Waals surface area contributed by atoms with Crippen molar-refractivity contribution < 1.29 is 14.4 Å². The molecule has 0 spiro atoms. The number of benzene rings is 2. The summed E-state index contributed by atoms with van der Waals surface area (Å²) in [6, 6.07) is 11.3. The van der Waals surface area contributed by atoms with Crippen LogP contribution in [0.2, 0.25) is 5.02 Å². The zero-order valence-electron chi connectivity index (χ0n) is 12.7. The minimum absolute atomic E-state index is 0.0167. The Hall–Kier alpha value is -3.04. The van der Waals surface area contributed by atoms with Gasteiger partial charge in [-0.25, -0.2) is 0 Å². The lowest BCUT2D eigenvalue weighted by Crippen LogP contribution is -1.99. The Labute approximate surface area is 143 Å². The van der Waals surface area contributed by atoms with Crippen LogP contribution >= 0.6 is 11.6 Å². The van der Waals surface area contributed by atoms with E-state index in [0.717, 1.165) is 5.56 Å². The zero-order chi connectivity index (χ0) is 17.5. The molecule has 0 unspecified atom stereocenters. The van der Waals surface area contributed by atoms with Gasteiger partial charge < -0.3 is 9.47 Å². The molecular formula is C17H13ClN2O4. The van der Waals surface area contributed by atoms with Crippen LogP contribution < -0.4 is 9.47 Å². The Kier molecular flexibility index (Phi) is 5.77. The summed E-state index contributed by atoms with van der Waals surface area (Å²) in [5.74, 6) is 0.800. The number of nitro benzene ring substituents is 1. The monoisotopic (exact) mass is 344 g/mol. The molecule has 0 amide bonds. The van der Waals surface area contributed by atoms with E-state index in [0.29, 0.717) is 22.1 Å². The highest BCUT2D eigenvalue weighted by Gasteiger charge is 2.12. The fourth-order valence-corrected chi connectivity index (χ4v) is 2.25. The molecule has 0 fully saturated rings. The highest BCUT2D eigenvalue weighted by Crippen LogP contribution is 2.37. The summed E-state index contributed by atoms with van der Waals surface area (Å²) in [4.78, 5) is 10.2. The Morgan fingerprint density at radius 1 is 1.33 bits per heavy atom. The normalized spacial score (nSPS) is 10.4. The summed E-state index contributed by atoms with van der Waals surface area (Å²) in [7, 11) is 1.49. The van der Waals surface area contributed by atoms with Crippen LogP contribution in [0.15, 0.2) is 42.5 Å². The van der Waals surface area contributed by atoms with E-state index in [4.69, 9.17) is 26.3 Å². The van der Waals surface area contributed by atoms with Gasteiger partial charge in [0.2, 0.25) is 0 Å². The van der Waals surface area contributed by atoms with Crippen molar-refractivity contribution in [2.75, 3.05) is 7.11 Å². The van der Waals surface area contributed by atoms with Crippen LogP contribution in [0, 0.1) is 21.4 Å². The number of non-ortho nitro benzene ring substituents is 1. The van der Waals surface area contributed by atoms with Crippen LogP contribution in [-0.4, -0.2) is 12.0 Å². The number of hydrogen-bond acceptors (Lipinski definition) is 5. The van der Waals surface area contributed by atoms with Crippen molar-refractivity contribution in [2.24, 2.45) is 0 Å². The van der Waals surface area contributed by atoms with Crippen LogP contribution in [0.25, 0.3) is 6.08 Å². The molecule has 0 bridgehead atoms. The van der Waals surface area contributed by atoms with Crippen LogP contribution in [0.1, 0.15) is 11.1 Å². The topological polar surface area (TPSA) is 85.4 Å². The second kappa shape index (κ2) is 7.99. The molecule has 0 aliphatic carbocycles. The second-order valence-electron chi connectivity index (χ2n) is 4.71. The number of methoxy groups -OCH3 is 1. The molecule has 0 aromatic heterocycles. The fraction of sp³-hybridized carbons (Fsp3) is 0.118. The second-order valence-corrected chi connectivity index (χ2v) is 5.12. The van der Waals surface area contributed by atoms with Gasteiger partial charge in [0.05, 0.1) is 23.1 Å². The van der Waals surface area contributed by atoms with Crippen molar-refractivity contribution in [3.05, 3.63) is 68.7 Å². The average Bonchev–Trinajstić information content (AvgIpc) is 2.58. The van der Waals surface area contributed by atoms with Gasteiger partial charge in [-0.2, -0.15) is 5.26 Å². The third-order valence-electron chi connectivity index (χ3n) is 3.13. The predicted molar refractivity (Wildman–Crippen MR) is 90.1 cm³/mol. The minimum Gasteiger partial charge on any atom is -0.493 e. The van der Waals surface area contributed by atoms with Crippen LogP contribution in [0.5, 0.6) is 11.5 Å². The average molecular weight is 345 g/mol. The number of nitriles is 1. The maximum atomic E-state index is 10.6. The predicted octanol–water partition coefficient (Wildman–Crippen LogP) is 4.37. The zero-order valence-corrected chi connectivity index (χ0v) is 13.5. The maximum Gasteiger partial charge on any atom is 0.269 e. The third kappa shape index (κ3) is 4.24. The largest absolute Gasteiger partial charge is 0.493 e. The van der Waals surface area contributed by atoms with Crippen LogP contribution in [0.4, 0.5) is 5.69 Å². The van der Waals surface area contributed by atoms with Crippen molar-refractivity contribution in [3.8, 4) is 17.6 Å². The van der Waals surface area contributed by atoms with E-state index in [1.165, 1.54) is 25.3 Å². The number of rotatable bonds is 6. The molecule has 0 radical (unpaired) electrons. The number of halogens is 1. The van der Waals surface area contributed by atoms with Crippen molar-refractivity contribution in [3.63, 3.8) is 0 Å². The van der Waals surface area contributed by atoms with Gasteiger partial charge >= 0.3 is 0 Å². The van der Waals surface area contributed by atoms with Crippen molar-refractivity contribution in [1.82, 2.24) is 0 Å². The molecule has 122 valence electrons. The number of nitrogens with zero attached hydrogens (tertiary/aromatic N) is 2. The number of hydrogen-bond donors (Lipinski definition) is 0. The molecule has 7 heteroatoms. The molecule has 0 saturated carbocycles. The maximum absolute atomic E-state index is 10.6. The first-order chi connectivity index (χ1) is 11.5. The summed E-state index contributed by atoms with van der Waals surface area (Å²) >= 11 is 6.21. The van der Waals surface area contributed by atoms with Gasteiger partial charge in [0.15, 0.2) is 11.5 Å². The van der Waals surface area contributed by atoms with Crippen molar-refractivity contribution in [1.29, 1.82) is 5.26 Å². The van der Waals surface area contributed by atoms with Gasteiger partial charge in [-0.15, -0.1) is 0 Å². The smallest absolute Gasteiger partial charge is 0.269 e. The Balaban J connectivity index is 2.18. The fourth-order valence-electron chi connectivity index (χ4n) is 1.98. The lowest BCUT2D eigenvalue weighted by Gasteiger charge is -2.13. The molecule has 0 N–H and O–H groups in total. The Morgan fingerprint density at radius 3 is 2.62 bits per heavy atom. The first-order valence-electron chi connectivity index (χ1n) is 6.85. The van der Waals surface area contributed by atoms with E-state index in [2.05, 4.69) is 0 Å². The summed E-state index contributed by atoms with van der Waals surface area (Å²) in [6.07, 6.45) is 2.94. The van der Waals surface area contributed by atoms with Crippen LogP contribution in [0.3, 0.4) is 0 Å². The van der Waals surface area contributed by atoms with E-state index >= 15 is 0 Å².